The van der Waals surface area contributed by atoms with Gasteiger partial charge in [-0.2, -0.15) is 10.5 Å². The Morgan fingerprint density at radius 3 is 1.46 bits per heavy atom. The Hall–Kier alpha value is -7.01. The maximum absolute atomic E-state index is 10.8. The van der Waals surface area contributed by atoms with Gasteiger partial charge in [-0.3, -0.25) is 9.13 Å². The molecule has 214 valence electrons. The minimum absolute atomic E-state index is 0.225. The van der Waals surface area contributed by atoms with Crippen molar-refractivity contribution in [1.82, 2.24) is 19.1 Å². The van der Waals surface area contributed by atoms with Gasteiger partial charge in [-0.25, -0.2) is 4.98 Å². The third-order valence-corrected chi connectivity index (χ3v) is 7.73. The van der Waals surface area contributed by atoms with Crippen LogP contribution in [0.25, 0.3) is 61.5 Å². The Kier molecular flexibility index (Phi) is 7.21. The molecule has 0 aliphatic carbocycles. The van der Waals surface area contributed by atoms with Gasteiger partial charge in [0, 0.05) is 22.5 Å². The first kappa shape index (κ1) is 27.8. The average Bonchev–Trinajstić information content (AvgIpc) is 3.72. The van der Waals surface area contributed by atoms with E-state index in [1.807, 2.05) is 149 Å². The molecule has 0 bridgehead atoms. The molecule has 0 atom stereocenters. The van der Waals surface area contributed by atoms with Gasteiger partial charge in [0.05, 0.1) is 22.5 Å². The third-order valence-electron chi connectivity index (χ3n) is 7.73. The van der Waals surface area contributed by atoms with E-state index in [1.165, 1.54) is 0 Å². The maximum atomic E-state index is 10.8. The summed E-state index contributed by atoms with van der Waals surface area (Å²) in [5.41, 5.74) is 6.17. The van der Waals surface area contributed by atoms with Crippen LogP contribution in [0.2, 0.25) is 0 Å². The molecular formula is C39H23N7. The zero-order chi connectivity index (χ0) is 31.5. The molecule has 0 aliphatic heterocycles. The lowest BCUT2D eigenvalue weighted by Crippen LogP contribution is -2.04. The minimum atomic E-state index is 0.225. The molecule has 0 N–H and O–H groups in total. The molecule has 0 aliphatic rings. The Bertz CT molecular complexity index is 2160. The Balaban J connectivity index is 1.55. The highest BCUT2D eigenvalue weighted by Gasteiger charge is 2.29. The molecule has 7 nitrogen and oxygen atoms in total. The van der Waals surface area contributed by atoms with Gasteiger partial charge in [-0.1, -0.05) is 115 Å². The fourth-order valence-electron chi connectivity index (χ4n) is 5.77. The van der Waals surface area contributed by atoms with E-state index in [-0.39, 0.29) is 11.5 Å². The number of hydrogen-bond donors (Lipinski definition) is 0. The van der Waals surface area contributed by atoms with Crippen molar-refractivity contribution in [2.75, 3.05) is 0 Å². The molecule has 2 heterocycles. The highest BCUT2D eigenvalue weighted by molar-refractivity contribution is 5.86. The van der Waals surface area contributed by atoms with Crippen LogP contribution in [0, 0.1) is 29.2 Å². The van der Waals surface area contributed by atoms with Crippen molar-refractivity contribution in [3.05, 3.63) is 162 Å². The topological polar surface area (TPSA) is 87.6 Å². The van der Waals surface area contributed by atoms with E-state index in [1.54, 1.807) is 0 Å². The van der Waals surface area contributed by atoms with E-state index >= 15 is 0 Å². The molecule has 0 saturated carbocycles. The van der Waals surface area contributed by atoms with Gasteiger partial charge in [0.25, 0.3) is 5.82 Å². The quantitative estimate of drug-likeness (QED) is 0.181. The summed E-state index contributed by atoms with van der Waals surface area (Å²) in [6.07, 6.45) is 0. The summed E-state index contributed by atoms with van der Waals surface area (Å²) in [6, 6.07) is 48.9. The number of para-hydroxylation sites is 2. The normalized spacial score (nSPS) is 10.5. The zero-order valence-electron chi connectivity index (χ0n) is 24.4. The van der Waals surface area contributed by atoms with Gasteiger partial charge in [0.2, 0.25) is 5.82 Å². The summed E-state index contributed by atoms with van der Waals surface area (Å²) < 4.78 is 3.86. The molecule has 0 unspecified atom stereocenters. The molecule has 46 heavy (non-hydrogen) atoms. The lowest BCUT2D eigenvalue weighted by molar-refractivity contribution is 1.06. The number of nitriles is 2. The van der Waals surface area contributed by atoms with Crippen molar-refractivity contribution >= 4 is 5.82 Å². The first-order valence-corrected chi connectivity index (χ1v) is 14.5. The van der Waals surface area contributed by atoms with Gasteiger partial charge in [0.15, 0.2) is 5.69 Å². The van der Waals surface area contributed by atoms with Crippen molar-refractivity contribution in [3.63, 3.8) is 0 Å². The van der Waals surface area contributed by atoms with Crippen LogP contribution in [0.5, 0.6) is 0 Å². The highest BCUT2D eigenvalue weighted by atomic mass is 15.1. The van der Waals surface area contributed by atoms with Crippen LogP contribution in [-0.2, 0) is 0 Å². The molecule has 7 aromatic rings. The number of nitrogens with zero attached hydrogens (tertiary/aromatic N) is 7. The number of imidazole rings is 2. The van der Waals surface area contributed by atoms with E-state index < -0.39 is 0 Å². The van der Waals surface area contributed by atoms with Crippen LogP contribution in [0.15, 0.2) is 140 Å². The predicted octanol–water partition coefficient (Wildman–Crippen LogP) is 9.02. The Morgan fingerprint density at radius 1 is 0.522 bits per heavy atom. The SMILES string of the molecule is [C-]#[N+]c1nc(-c2cccc(-c3nc(C#N)c(-c4ccccc4)n3-c3ccccc3)c2C#N)n(-c2ccccc2)c1-c1ccccc1. The molecule has 5 aromatic carbocycles. The molecule has 0 amide bonds. The molecule has 0 radical (unpaired) electrons. The van der Waals surface area contributed by atoms with Gasteiger partial charge in [0.1, 0.15) is 18.0 Å². The smallest absolute Gasteiger partial charge is 0.296 e. The molecule has 2 aromatic heterocycles. The summed E-state index contributed by atoms with van der Waals surface area (Å²) >= 11 is 0. The van der Waals surface area contributed by atoms with Crippen molar-refractivity contribution < 1.29 is 0 Å². The van der Waals surface area contributed by atoms with Crippen LogP contribution in [0.3, 0.4) is 0 Å². The molecule has 0 saturated heterocycles. The summed E-state index contributed by atoms with van der Waals surface area (Å²) in [7, 11) is 0. The summed E-state index contributed by atoms with van der Waals surface area (Å²) in [5, 5.41) is 21.1. The summed E-state index contributed by atoms with van der Waals surface area (Å²) in [4.78, 5) is 13.5. The predicted molar refractivity (Wildman–Crippen MR) is 178 cm³/mol. The second kappa shape index (κ2) is 11.9. The van der Waals surface area contributed by atoms with E-state index in [0.29, 0.717) is 39.7 Å². The number of benzene rings is 5. The largest absolute Gasteiger partial charge is 0.359 e. The first-order chi connectivity index (χ1) is 22.7. The lowest BCUT2D eigenvalue weighted by atomic mass is 10.00. The average molecular weight is 590 g/mol. The minimum Gasteiger partial charge on any atom is -0.359 e. The fourth-order valence-corrected chi connectivity index (χ4v) is 5.77. The fraction of sp³-hybridized carbons (Fsp3) is 0. The van der Waals surface area contributed by atoms with Crippen molar-refractivity contribution in [2.24, 2.45) is 0 Å². The van der Waals surface area contributed by atoms with Crippen LogP contribution in [-0.4, -0.2) is 19.1 Å². The number of hydrogen-bond acceptors (Lipinski definition) is 4. The third kappa shape index (κ3) is 4.70. The second-order valence-corrected chi connectivity index (χ2v) is 10.4. The highest BCUT2D eigenvalue weighted by Crippen LogP contribution is 2.41. The number of rotatable bonds is 6. The molecular weight excluding hydrogens is 566 g/mol. The summed E-state index contributed by atoms with van der Waals surface area (Å²) in [5.74, 6) is 1.13. The van der Waals surface area contributed by atoms with E-state index in [9.17, 15) is 10.5 Å². The second-order valence-electron chi connectivity index (χ2n) is 10.4. The van der Waals surface area contributed by atoms with E-state index in [2.05, 4.69) is 17.0 Å². The standard InChI is InChI=1S/C39H23N7/c1-42-37-36(28-17-8-3-9-18-28)46(30-21-12-5-13-22-30)39(44-37)32-24-14-23-31(33(32)25-40)38-43-34(26-41)35(27-15-6-2-7-16-27)45(38)29-19-10-4-11-20-29/h2-24H. The first-order valence-electron chi connectivity index (χ1n) is 14.5. The van der Waals surface area contributed by atoms with Crippen LogP contribution < -0.4 is 0 Å². The lowest BCUT2D eigenvalue weighted by Gasteiger charge is -2.15. The van der Waals surface area contributed by atoms with Crippen molar-refractivity contribution in [3.8, 4) is 68.8 Å². The maximum Gasteiger partial charge on any atom is 0.296 e. The molecule has 7 rings (SSSR count). The number of aromatic nitrogens is 4. The van der Waals surface area contributed by atoms with Gasteiger partial charge in [-0.05, 0) is 42.0 Å². The molecule has 7 heteroatoms. The molecule has 0 spiro atoms. The zero-order valence-corrected chi connectivity index (χ0v) is 24.4. The summed E-state index contributed by atoms with van der Waals surface area (Å²) in [6.45, 7) is 8.04. The molecule has 0 fully saturated rings. The van der Waals surface area contributed by atoms with E-state index in [0.717, 1.165) is 22.5 Å². The monoisotopic (exact) mass is 589 g/mol. The van der Waals surface area contributed by atoms with Crippen LogP contribution in [0.4, 0.5) is 5.82 Å². The van der Waals surface area contributed by atoms with Crippen molar-refractivity contribution in [1.29, 1.82) is 10.5 Å². The van der Waals surface area contributed by atoms with Gasteiger partial charge < -0.3 is 4.85 Å². The Morgan fingerprint density at radius 2 is 0.978 bits per heavy atom. The van der Waals surface area contributed by atoms with Gasteiger partial charge in [-0.15, -0.1) is 0 Å². The van der Waals surface area contributed by atoms with Gasteiger partial charge >= 0.3 is 0 Å². The van der Waals surface area contributed by atoms with Crippen LogP contribution in [0.1, 0.15) is 11.3 Å². The van der Waals surface area contributed by atoms with Crippen LogP contribution >= 0.6 is 0 Å². The van der Waals surface area contributed by atoms with E-state index in [4.69, 9.17) is 16.5 Å². The van der Waals surface area contributed by atoms with Crippen molar-refractivity contribution in [2.45, 2.75) is 0 Å². The Labute approximate surface area is 266 Å².